The van der Waals surface area contributed by atoms with Crippen molar-refractivity contribution in [1.82, 2.24) is 24.5 Å². The first-order chi connectivity index (χ1) is 18.0. The van der Waals surface area contributed by atoms with E-state index < -0.39 is 29.5 Å². The monoisotopic (exact) mass is 607 g/mol. The van der Waals surface area contributed by atoms with Gasteiger partial charge in [-0.2, -0.15) is 23.4 Å². The van der Waals surface area contributed by atoms with Crippen molar-refractivity contribution in [3.63, 3.8) is 0 Å². The Morgan fingerprint density at radius 3 is 2.50 bits per heavy atom. The summed E-state index contributed by atoms with van der Waals surface area (Å²) < 4.78 is 58.2. The molecule has 0 spiro atoms. The summed E-state index contributed by atoms with van der Waals surface area (Å²) in [5.41, 5.74) is 4.33. The van der Waals surface area contributed by atoms with E-state index in [0.29, 0.717) is 11.3 Å². The van der Waals surface area contributed by atoms with Gasteiger partial charge in [0.1, 0.15) is 27.9 Å². The number of benzene rings is 1. The maximum absolute atomic E-state index is 13.6. The van der Waals surface area contributed by atoms with E-state index in [2.05, 4.69) is 36.4 Å². The second-order valence-electron chi connectivity index (χ2n) is 7.94. The van der Waals surface area contributed by atoms with Crippen molar-refractivity contribution < 1.29 is 27.2 Å². The van der Waals surface area contributed by atoms with Crippen LogP contribution < -0.4 is 11.1 Å². The summed E-state index contributed by atoms with van der Waals surface area (Å²) in [4.78, 5) is 28.6. The summed E-state index contributed by atoms with van der Waals surface area (Å²) in [6, 6.07) is 6.94. The zero-order valence-corrected chi connectivity index (χ0v) is 21.2. The van der Waals surface area contributed by atoms with Crippen LogP contribution in [0.15, 0.2) is 59.5 Å². The minimum Gasteiger partial charge on any atom is -0.365 e. The van der Waals surface area contributed by atoms with E-state index in [-0.39, 0.29) is 44.3 Å². The second kappa shape index (κ2) is 9.64. The molecule has 4 aromatic heterocycles. The fraction of sp³-hybridized carbons (Fsp3) is 0.0870. The first-order valence-corrected chi connectivity index (χ1v) is 12.2. The van der Waals surface area contributed by atoms with Crippen LogP contribution in [0.4, 0.5) is 23.2 Å². The average Bonchev–Trinajstić information content (AvgIpc) is 3.58. The Hall–Kier alpha value is -4.11. The fourth-order valence-corrected chi connectivity index (χ4v) is 5.03. The molecule has 5 rings (SSSR count). The molecular formula is C23H14BrF4N7O2S. The summed E-state index contributed by atoms with van der Waals surface area (Å²) in [6.07, 6.45) is 0.0188. The number of aromatic nitrogens is 5. The van der Waals surface area contributed by atoms with Crippen LogP contribution in [0, 0.1) is 5.82 Å². The molecule has 0 atom stereocenters. The molecule has 0 aliphatic carbocycles. The Labute approximate surface area is 223 Å². The molecule has 0 saturated carbocycles. The fourth-order valence-electron chi connectivity index (χ4n) is 3.70. The first-order valence-electron chi connectivity index (χ1n) is 10.6. The van der Waals surface area contributed by atoms with Gasteiger partial charge in [0.2, 0.25) is 0 Å². The van der Waals surface area contributed by atoms with Gasteiger partial charge in [-0.1, -0.05) is 12.1 Å². The van der Waals surface area contributed by atoms with E-state index in [1.807, 2.05) is 0 Å². The largest absolute Gasteiger partial charge is 0.433 e. The van der Waals surface area contributed by atoms with E-state index in [0.717, 1.165) is 22.7 Å². The standard InChI is InChI=1S/C23H14BrF4N7O2S/c24-12-8-30-35(9-12)10-34-6-5-15(33-34)21(37)32-18-17-14(11-1-3-13(25)4-2-11)7-16(23(26,27)28)31-22(17)38-19(18)20(29)36/h1-9H,10H2,(H2,29,36)(H,32,37). The highest BCUT2D eigenvalue weighted by atomic mass is 79.9. The van der Waals surface area contributed by atoms with Crippen LogP contribution in [0.1, 0.15) is 25.9 Å². The van der Waals surface area contributed by atoms with Crippen molar-refractivity contribution in [1.29, 1.82) is 0 Å². The van der Waals surface area contributed by atoms with Gasteiger partial charge in [0.05, 0.1) is 16.4 Å². The summed E-state index contributed by atoms with van der Waals surface area (Å²) in [7, 11) is 0. The number of amides is 2. The Balaban J connectivity index is 1.59. The van der Waals surface area contributed by atoms with Crippen molar-refractivity contribution in [2.75, 3.05) is 5.32 Å². The van der Waals surface area contributed by atoms with Gasteiger partial charge in [0, 0.05) is 17.8 Å². The van der Waals surface area contributed by atoms with Gasteiger partial charge < -0.3 is 11.1 Å². The number of nitrogens with zero attached hydrogens (tertiary/aromatic N) is 5. The predicted octanol–water partition coefficient (Wildman–Crippen LogP) is 5.13. The lowest BCUT2D eigenvalue weighted by atomic mass is 10.0. The van der Waals surface area contributed by atoms with Gasteiger partial charge in [-0.15, -0.1) is 11.3 Å². The molecule has 0 aliphatic heterocycles. The van der Waals surface area contributed by atoms with Gasteiger partial charge in [-0.25, -0.2) is 14.1 Å². The highest BCUT2D eigenvalue weighted by Crippen LogP contribution is 2.43. The third-order valence-corrected chi connectivity index (χ3v) is 6.84. The number of primary amides is 1. The molecule has 38 heavy (non-hydrogen) atoms. The minimum atomic E-state index is -4.81. The lowest BCUT2D eigenvalue weighted by Crippen LogP contribution is -2.18. The van der Waals surface area contributed by atoms with Crippen LogP contribution in [-0.4, -0.2) is 36.4 Å². The number of rotatable bonds is 6. The number of halogens is 5. The SMILES string of the molecule is NC(=O)c1sc2nc(C(F)(F)F)cc(-c3ccc(F)cc3)c2c1NC(=O)c1ccn(Cn2cc(Br)cn2)n1. The summed E-state index contributed by atoms with van der Waals surface area (Å²) in [5.74, 6) is -2.31. The lowest BCUT2D eigenvalue weighted by molar-refractivity contribution is -0.140. The molecule has 194 valence electrons. The maximum Gasteiger partial charge on any atom is 0.433 e. The summed E-state index contributed by atoms with van der Waals surface area (Å²) in [5, 5.41) is 10.9. The van der Waals surface area contributed by atoms with Gasteiger partial charge in [0.25, 0.3) is 11.8 Å². The Morgan fingerprint density at radius 2 is 1.87 bits per heavy atom. The van der Waals surface area contributed by atoms with Crippen molar-refractivity contribution in [2.24, 2.45) is 5.73 Å². The first kappa shape index (κ1) is 25.5. The lowest BCUT2D eigenvalue weighted by Gasteiger charge is -2.12. The predicted molar refractivity (Wildman–Crippen MR) is 134 cm³/mol. The molecular weight excluding hydrogens is 594 g/mol. The van der Waals surface area contributed by atoms with Crippen LogP contribution in [0.5, 0.6) is 0 Å². The molecule has 0 saturated heterocycles. The molecule has 0 aliphatic rings. The number of thiophene rings is 1. The zero-order valence-electron chi connectivity index (χ0n) is 18.8. The number of fused-ring (bicyclic) bond motifs is 1. The van der Waals surface area contributed by atoms with Crippen molar-refractivity contribution in [3.05, 3.63) is 81.5 Å². The van der Waals surface area contributed by atoms with Crippen LogP contribution >= 0.6 is 27.3 Å². The second-order valence-corrected chi connectivity index (χ2v) is 9.86. The molecule has 15 heteroatoms. The summed E-state index contributed by atoms with van der Waals surface area (Å²) >= 11 is 3.89. The Morgan fingerprint density at radius 1 is 1.13 bits per heavy atom. The molecule has 0 fully saturated rings. The highest BCUT2D eigenvalue weighted by Gasteiger charge is 2.35. The third-order valence-electron chi connectivity index (χ3n) is 5.33. The van der Waals surface area contributed by atoms with E-state index in [1.165, 1.54) is 29.1 Å². The molecule has 0 radical (unpaired) electrons. The van der Waals surface area contributed by atoms with Crippen LogP contribution in [-0.2, 0) is 12.8 Å². The van der Waals surface area contributed by atoms with E-state index in [4.69, 9.17) is 5.73 Å². The maximum atomic E-state index is 13.6. The molecule has 9 nitrogen and oxygen atoms in total. The quantitative estimate of drug-likeness (QED) is 0.259. The van der Waals surface area contributed by atoms with E-state index in [1.54, 1.807) is 17.1 Å². The van der Waals surface area contributed by atoms with Crippen LogP contribution in [0.2, 0.25) is 0 Å². The highest BCUT2D eigenvalue weighted by molar-refractivity contribution is 9.10. The Bertz CT molecular complexity index is 1690. The molecule has 0 bridgehead atoms. The smallest absolute Gasteiger partial charge is 0.365 e. The molecule has 2 amide bonds. The average molecular weight is 608 g/mol. The minimum absolute atomic E-state index is 0.0174. The molecule has 4 heterocycles. The van der Waals surface area contributed by atoms with Gasteiger partial charge in [-0.3, -0.25) is 14.3 Å². The number of nitrogens with two attached hydrogens (primary N) is 1. The third kappa shape index (κ3) is 5.02. The summed E-state index contributed by atoms with van der Waals surface area (Å²) in [6.45, 7) is 0.200. The van der Waals surface area contributed by atoms with E-state index >= 15 is 0 Å². The van der Waals surface area contributed by atoms with E-state index in [9.17, 15) is 27.2 Å². The molecule has 3 N–H and O–H groups in total. The van der Waals surface area contributed by atoms with Crippen LogP contribution in [0.3, 0.4) is 0 Å². The topological polar surface area (TPSA) is 121 Å². The number of pyridine rings is 1. The van der Waals surface area contributed by atoms with Gasteiger partial charge >= 0.3 is 6.18 Å². The van der Waals surface area contributed by atoms with Crippen molar-refractivity contribution in [2.45, 2.75) is 12.8 Å². The van der Waals surface area contributed by atoms with Crippen molar-refractivity contribution in [3.8, 4) is 11.1 Å². The van der Waals surface area contributed by atoms with Crippen LogP contribution in [0.25, 0.3) is 21.3 Å². The normalized spacial score (nSPS) is 11.7. The number of hydrogen-bond acceptors (Lipinski definition) is 6. The molecule has 5 aromatic rings. The van der Waals surface area contributed by atoms with Crippen molar-refractivity contribution >= 4 is 55.0 Å². The van der Waals surface area contributed by atoms with Gasteiger partial charge in [-0.05, 0) is 51.3 Å². The number of anilines is 1. The number of carbonyl (C=O) groups excluding carboxylic acids is 2. The zero-order chi connectivity index (χ0) is 27.2. The number of nitrogens with one attached hydrogen (secondary N) is 1. The Kier molecular flexibility index (Phi) is 6.48. The number of carbonyl (C=O) groups is 2. The molecule has 1 aromatic carbocycles. The van der Waals surface area contributed by atoms with Gasteiger partial charge in [0.15, 0.2) is 5.69 Å². The molecule has 0 unspecified atom stereocenters. The number of hydrogen-bond donors (Lipinski definition) is 2. The number of alkyl halides is 3.